The van der Waals surface area contributed by atoms with Crippen LogP contribution < -0.4 is 5.73 Å². The second-order valence-corrected chi connectivity index (χ2v) is 2.19. The average Bonchev–Trinajstić information content (AvgIpc) is 2.05. The van der Waals surface area contributed by atoms with E-state index in [2.05, 4.69) is 8.19 Å². The van der Waals surface area contributed by atoms with E-state index in [1.54, 1.807) is 12.4 Å². The van der Waals surface area contributed by atoms with Crippen LogP contribution in [0.15, 0.2) is 27.7 Å². The summed E-state index contributed by atoms with van der Waals surface area (Å²) in [6, 6.07) is 3.63. The molecule has 0 aliphatic heterocycles. The van der Waals surface area contributed by atoms with Gasteiger partial charge in [0.15, 0.2) is 0 Å². The van der Waals surface area contributed by atoms with Gasteiger partial charge >= 0.3 is 0 Å². The highest BCUT2D eigenvalue weighted by atomic mass is 127. The summed E-state index contributed by atoms with van der Waals surface area (Å²) < 4.78 is 3.80. The van der Waals surface area contributed by atoms with Gasteiger partial charge in [0.25, 0.3) is 0 Å². The van der Waals surface area contributed by atoms with Crippen molar-refractivity contribution >= 4 is 28.7 Å². The van der Waals surface area contributed by atoms with Crippen LogP contribution >= 0.6 is 22.9 Å². The number of halogens is 1. The molecular formula is C6H6IN3. The summed E-state index contributed by atoms with van der Waals surface area (Å²) in [7, 11) is 0. The fraction of sp³-hybridized carbons (Fsp3) is 0. The maximum absolute atomic E-state index is 5.51. The van der Waals surface area contributed by atoms with Gasteiger partial charge < -0.3 is 5.73 Å². The van der Waals surface area contributed by atoms with Crippen molar-refractivity contribution in [3.63, 3.8) is 0 Å². The molecule has 0 saturated heterocycles. The molecule has 1 rings (SSSR count). The van der Waals surface area contributed by atoms with Crippen molar-refractivity contribution in [2.75, 3.05) is 0 Å². The Hall–Kier alpha value is -0.650. The Kier molecular flexibility index (Phi) is 2.61. The third-order valence-electron chi connectivity index (χ3n) is 1.07. The Morgan fingerprint density at radius 1 is 1.50 bits per heavy atom. The maximum atomic E-state index is 5.51. The molecule has 0 aliphatic rings. The summed E-state index contributed by atoms with van der Waals surface area (Å²) in [5.41, 5.74) is 6.42. The standard InChI is InChI=1S/C6H6IN3/c7-10-6(8)5-1-3-9-4-2-5/h1-4H,(H2,8,10). The molecule has 0 bridgehead atoms. The molecule has 0 amide bonds. The van der Waals surface area contributed by atoms with E-state index in [4.69, 9.17) is 5.73 Å². The number of nitrogens with two attached hydrogens (primary N) is 1. The van der Waals surface area contributed by atoms with Gasteiger partial charge in [-0.2, -0.15) is 3.21 Å². The molecule has 0 spiro atoms. The molecule has 1 aromatic rings. The number of rotatable bonds is 1. The Balaban J connectivity index is 2.96. The van der Waals surface area contributed by atoms with Crippen molar-refractivity contribution in [2.45, 2.75) is 0 Å². The molecule has 0 radical (unpaired) electrons. The first-order chi connectivity index (χ1) is 4.84. The van der Waals surface area contributed by atoms with Crippen LogP contribution in [0, 0.1) is 0 Å². The van der Waals surface area contributed by atoms with Crippen LogP contribution in [0.25, 0.3) is 0 Å². The SMILES string of the molecule is N/C(=N\I)c1ccncc1. The van der Waals surface area contributed by atoms with Gasteiger partial charge in [0, 0.05) is 18.0 Å². The maximum Gasteiger partial charge on any atom is 0.137 e. The van der Waals surface area contributed by atoms with Gasteiger partial charge in [0.1, 0.15) is 5.84 Å². The molecule has 0 aromatic carbocycles. The van der Waals surface area contributed by atoms with E-state index in [0.29, 0.717) is 5.84 Å². The van der Waals surface area contributed by atoms with Crippen molar-refractivity contribution in [2.24, 2.45) is 8.94 Å². The van der Waals surface area contributed by atoms with Crippen molar-refractivity contribution < 1.29 is 0 Å². The van der Waals surface area contributed by atoms with Gasteiger partial charge in [-0.1, -0.05) is 0 Å². The van der Waals surface area contributed by atoms with Crippen LogP contribution in [0.2, 0.25) is 0 Å². The Bertz CT molecular complexity index is 232. The molecule has 0 atom stereocenters. The van der Waals surface area contributed by atoms with Crippen LogP contribution in [-0.2, 0) is 0 Å². The fourth-order valence-electron chi connectivity index (χ4n) is 0.571. The predicted octanol–water partition coefficient (Wildman–Crippen LogP) is 1.14. The van der Waals surface area contributed by atoms with Crippen molar-refractivity contribution in [1.82, 2.24) is 4.98 Å². The zero-order chi connectivity index (χ0) is 7.40. The van der Waals surface area contributed by atoms with Crippen molar-refractivity contribution in [1.29, 1.82) is 0 Å². The van der Waals surface area contributed by atoms with E-state index in [-0.39, 0.29) is 0 Å². The third kappa shape index (κ3) is 1.66. The molecule has 4 heteroatoms. The second kappa shape index (κ2) is 3.50. The lowest BCUT2D eigenvalue weighted by Gasteiger charge is -1.94. The summed E-state index contributed by atoms with van der Waals surface area (Å²) in [6.07, 6.45) is 3.37. The minimum absolute atomic E-state index is 0.531. The second-order valence-electron chi connectivity index (χ2n) is 1.71. The average molecular weight is 247 g/mol. The Labute approximate surface area is 72.9 Å². The number of nitrogens with zero attached hydrogens (tertiary/aromatic N) is 2. The van der Waals surface area contributed by atoms with E-state index < -0.39 is 0 Å². The Morgan fingerprint density at radius 2 is 2.10 bits per heavy atom. The molecule has 0 fully saturated rings. The van der Waals surface area contributed by atoms with Crippen LogP contribution in [0.3, 0.4) is 0 Å². The highest BCUT2D eigenvalue weighted by Crippen LogP contribution is 1.97. The normalized spacial score (nSPS) is 11.5. The number of hydrogen-bond donors (Lipinski definition) is 1. The van der Waals surface area contributed by atoms with E-state index in [0.717, 1.165) is 5.56 Å². The van der Waals surface area contributed by atoms with Gasteiger partial charge in [0.2, 0.25) is 0 Å². The highest BCUT2D eigenvalue weighted by molar-refractivity contribution is 14.1. The van der Waals surface area contributed by atoms with Gasteiger partial charge in [-0.15, -0.1) is 0 Å². The van der Waals surface area contributed by atoms with Gasteiger partial charge in [0.05, 0.1) is 22.9 Å². The van der Waals surface area contributed by atoms with E-state index in [1.165, 1.54) is 0 Å². The minimum Gasteiger partial charge on any atom is -0.383 e. The number of hydrogen-bond acceptors (Lipinski definition) is 2. The van der Waals surface area contributed by atoms with Crippen LogP contribution in [0.4, 0.5) is 0 Å². The lowest BCUT2D eigenvalue weighted by atomic mass is 10.2. The third-order valence-corrected chi connectivity index (χ3v) is 1.59. The molecule has 52 valence electrons. The van der Waals surface area contributed by atoms with Gasteiger partial charge in [-0.3, -0.25) is 4.98 Å². The van der Waals surface area contributed by atoms with Crippen LogP contribution in [-0.4, -0.2) is 10.8 Å². The molecule has 3 nitrogen and oxygen atoms in total. The largest absolute Gasteiger partial charge is 0.383 e. The predicted molar refractivity (Wildman–Crippen MR) is 49.0 cm³/mol. The number of amidine groups is 1. The van der Waals surface area contributed by atoms with Crippen molar-refractivity contribution in [3.05, 3.63) is 30.1 Å². The summed E-state index contributed by atoms with van der Waals surface area (Å²) in [4.78, 5) is 3.85. The van der Waals surface area contributed by atoms with E-state index >= 15 is 0 Å². The summed E-state index contributed by atoms with van der Waals surface area (Å²) in [5, 5.41) is 0. The molecular weight excluding hydrogens is 241 g/mol. The summed E-state index contributed by atoms with van der Waals surface area (Å²) in [6.45, 7) is 0. The monoisotopic (exact) mass is 247 g/mol. The van der Waals surface area contributed by atoms with Gasteiger partial charge in [-0.05, 0) is 12.1 Å². The van der Waals surface area contributed by atoms with Crippen LogP contribution in [0.1, 0.15) is 5.56 Å². The molecule has 0 unspecified atom stereocenters. The quantitative estimate of drug-likeness (QED) is 0.459. The smallest absolute Gasteiger partial charge is 0.137 e. The molecule has 2 N–H and O–H groups in total. The summed E-state index contributed by atoms with van der Waals surface area (Å²) in [5.74, 6) is 0.531. The first kappa shape index (κ1) is 7.46. The van der Waals surface area contributed by atoms with E-state index in [1.807, 2.05) is 35.0 Å². The minimum atomic E-state index is 0.531. The van der Waals surface area contributed by atoms with Crippen molar-refractivity contribution in [3.8, 4) is 0 Å². The van der Waals surface area contributed by atoms with Crippen LogP contribution in [0.5, 0.6) is 0 Å². The van der Waals surface area contributed by atoms with Gasteiger partial charge in [-0.25, -0.2) is 0 Å². The topological polar surface area (TPSA) is 51.3 Å². The molecule has 0 aliphatic carbocycles. The molecule has 1 heterocycles. The highest BCUT2D eigenvalue weighted by Gasteiger charge is 1.93. The number of pyridine rings is 1. The lowest BCUT2D eigenvalue weighted by molar-refractivity contribution is 1.32. The fourth-order valence-corrected chi connectivity index (χ4v) is 0.850. The zero-order valence-corrected chi connectivity index (χ0v) is 7.32. The Morgan fingerprint density at radius 3 is 2.60 bits per heavy atom. The number of aromatic nitrogens is 1. The molecule has 1 aromatic heterocycles. The first-order valence-corrected chi connectivity index (χ1v) is 3.66. The zero-order valence-electron chi connectivity index (χ0n) is 5.16. The molecule has 0 saturated carbocycles. The summed E-state index contributed by atoms with van der Waals surface area (Å²) >= 11 is 1.86. The molecule has 10 heavy (non-hydrogen) atoms. The first-order valence-electron chi connectivity index (χ1n) is 2.69. The van der Waals surface area contributed by atoms with E-state index in [9.17, 15) is 0 Å². The lowest BCUT2D eigenvalue weighted by Crippen LogP contribution is -2.11.